The normalized spacial score (nSPS) is 24.5. The number of carbonyl (C=O) groups excluding carboxylic acids is 1. The average Bonchev–Trinajstić information content (AvgIpc) is 2.83. The largest absolute Gasteiger partial charge is 0.444 e. The van der Waals surface area contributed by atoms with Gasteiger partial charge in [0.2, 0.25) is 0 Å². The standard InChI is InChI=1S/C26H27N3O2/c30-26(28-23-10-4-9-22(17-23)20-7-2-1-3-8-20)31-25-21-11-14-29(15-12-21)24(25)16-19-6-5-13-27-18-19/h1-10,13,17-18,21,24-25H,11-12,14-16H2,(H,28,30)/t24-,25-/m1/s1. The summed E-state index contributed by atoms with van der Waals surface area (Å²) in [6.07, 6.45) is 6.26. The number of nitrogens with zero attached hydrogens (tertiary/aromatic N) is 2. The van der Waals surface area contributed by atoms with Crippen LogP contribution in [0.2, 0.25) is 0 Å². The summed E-state index contributed by atoms with van der Waals surface area (Å²) < 4.78 is 6.05. The van der Waals surface area contributed by atoms with Gasteiger partial charge < -0.3 is 4.74 Å². The molecule has 0 spiro atoms. The molecule has 0 radical (unpaired) electrons. The Morgan fingerprint density at radius 2 is 1.81 bits per heavy atom. The number of carbonyl (C=O) groups is 1. The highest BCUT2D eigenvalue weighted by Gasteiger charge is 2.44. The van der Waals surface area contributed by atoms with Crippen molar-refractivity contribution in [2.75, 3.05) is 18.4 Å². The lowest BCUT2D eigenvalue weighted by Gasteiger charge is -2.50. The van der Waals surface area contributed by atoms with Crippen LogP contribution in [-0.4, -0.2) is 41.2 Å². The Bertz CT molecular complexity index is 1020. The van der Waals surface area contributed by atoms with E-state index in [4.69, 9.17) is 4.74 Å². The summed E-state index contributed by atoms with van der Waals surface area (Å²) in [5.41, 5.74) is 4.12. The number of anilines is 1. The van der Waals surface area contributed by atoms with Crippen LogP contribution >= 0.6 is 0 Å². The first-order valence-electron chi connectivity index (χ1n) is 11.0. The van der Waals surface area contributed by atoms with Crippen LogP contribution in [0.4, 0.5) is 10.5 Å². The van der Waals surface area contributed by atoms with Crippen LogP contribution in [0.1, 0.15) is 18.4 Å². The first-order valence-corrected chi connectivity index (χ1v) is 11.0. The molecule has 0 unspecified atom stereocenters. The summed E-state index contributed by atoms with van der Waals surface area (Å²) in [5, 5.41) is 2.95. The lowest BCUT2D eigenvalue weighted by Crippen LogP contribution is -2.60. The van der Waals surface area contributed by atoms with Gasteiger partial charge in [0.15, 0.2) is 0 Å². The molecule has 2 aromatic carbocycles. The molecular weight excluding hydrogens is 386 g/mol. The molecule has 6 rings (SSSR count). The van der Waals surface area contributed by atoms with E-state index in [1.807, 2.05) is 54.7 Å². The molecule has 158 valence electrons. The van der Waals surface area contributed by atoms with Gasteiger partial charge in [-0.2, -0.15) is 0 Å². The summed E-state index contributed by atoms with van der Waals surface area (Å²) in [6.45, 7) is 2.16. The predicted octanol–water partition coefficient (Wildman–Crippen LogP) is 5.00. The lowest BCUT2D eigenvalue weighted by molar-refractivity contribution is -0.0741. The average molecular weight is 414 g/mol. The van der Waals surface area contributed by atoms with E-state index in [0.29, 0.717) is 5.92 Å². The molecule has 3 aromatic rings. The van der Waals surface area contributed by atoms with Gasteiger partial charge in [-0.3, -0.25) is 15.2 Å². The van der Waals surface area contributed by atoms with Gasteiger partial charge in [-0.05, 0) is 67.2 Å². The highest BCUT2D eigenvalue weighted by molar-refractivity contribution is 5.86. The van der Waals surface area contributed by atoms with Gasteiger partial charge in [0.25, 0.3) is 0 Å². The van der Waals surface area contributed by atoms with E-state index in [1.165, 1.54) is 5.56 Å². The maximum atomic E-state index is 12.8. The number of hydrogen-bond donors (Lipinski definition) is 1. The monoisotopic (exact) mass is 413 g/mol. The summed E-state index contributed by atoms with van der Waals surface area (Å²) in [7, 11) is 0. The second-order valence-corrected chi connectivity index (χ2v) is 8.45. The molecule has 3 saturated heterocycles. The summed E-state index contributed by atoms with van der Waals surface area (Å²) >= 11 is 0. The third-order valence-corrected chi connectivity index (χ3v) is 6.51. The van der Waals surface area contributed by atoms with Gasteiger partial charge in [-0.15, -0.1) is 0 Å². The topological polar surface area (TPSA) is 54.5 Å². The van der Waals surface area contributed by atoms with Crippen molar-refractivity contribution in [2.45, 2.75) is 31.4 Å². The number of piperidine rings is 3. The van der Waals surface area contributed by atoms with Gasteiger partial charge in [-0.25, -0.2) is 4.79 Å². The molecule has 5 heteroatoms. The number of fused-ring (bicyclic) bond motifs is 3. The van der Waals surface area contributed by atoms with Gasteiger partial charge >= 0.3 is 6.09 Å². The van der Waals surface area contributed by atoms with Crippen molar-refractivity contribution < 1.29 is 9.53 Å². The molecule has 31 heavy (non-hydrogen) atoms. The Hall–Kier alpha value is -3.18. The molecular formula is C26H27N3O2. The Morgan fingerprint density at radius 1 is 1.00 bits per heavy atom. The summed E-state index contributed by atoms with van der Waals surface area (Å²) in [5.74, 6) is 0.424. The van der Waals surface area contributed by atoms with E-state index >= 15 is 0 Å². The zero-order valence-corrected chi connectivity index (χ0v) is 17.5. The van der Waals surface area contributed by atoms with Crippen molar-refractivity contribution in [3.05, 3.63) is 84.7 Å². The number of rotatable bonds is 5. The molecule has 0 aliphatic carbocycles. The fraction of sp³-hybridized carbons (Fsp3) is 0.308. The van der Waals surface area contributed by atoms with E-state index in [2.05, 4.69) is 33.4 Å². The second kappa shape index (κ2) is 8.90. The fourth-order valence-electron chi connectivity index (χ4n) is 4.96. The molecule has 3 aliphatic rings. The SMILES string of the molecule is O=C(Nc1cccc(-c2ccccc2)c1)O[C@@H]1C2CCN(CC2)[C@@H]1Cc1cccnc1. The Morgan fingerprint density at radius 3 is 2.58 bits per heavy atom. The molecule has 2 atom stereocenters. The molecule has 4 heterocycles. The van der Waals surface area contributed by atoms with Crippen molar-refractivity contribution >= 4 is 11.8 Å². The van der Waals surface area contributed by atoms with Crippen LogP contribution in [0.5, 0.6) is 0 Å². The Balaban J connectivity index is 1.29. The molecule has 3 fully saturated rings. The molecule has 1 N–H and O–H groups in total. The third-order valence-electron chi connectivity index (χ3n) is 6.51. The van der Waals surface area contributed by atoms with E-state index in [0.717, 1.165) is 49.2 Å². The smallest absolute Gasteiger partial charge is 0.411 e. The van der Waals surface area contributed by atoms with E-state index < -0.39 is 0 Å². The Kier molecular flexibility index (Phi) is 5.67. The fourth-order valence-corrected chi connectivity index (χ4v) is 4.96. The van der Waals surface area contributed by atoms with Crippen molar-refractivity contribution in [2.24, 2.45) is 5.92 Å². The second-order valence-electron chi connectivity index (χ2n) is 8.45. The molecule has 1 aromatic heterocycles. The number of benzene rings is 2. The minimum atomic E-state index is -0.375. The first-order chi connectivity index (χ1) is 15.3. The van der Waals surface area contributed by atoms with Gasteiger partial charge in [0, 0.05) is 24.0 Å². The van der Waals surface area contributed by atoms with Gasteiger partial charge in [-0.1, -0.05) is 48.5 Å². The van der Waals surface area contributed by atoms with Crippen LogP contribution < -0.4 is 5.32 Å². The zero-order chi connectivity index (χ0) is 21.0. The summed E-state index contributed by atoms with van der Waals surface area (Å²) in [6, 6.07) is 22.3. The molecule has 1 amide bonds. The highest BCUT2D eigenvalue weighted by Crippen LogP contribution is 2.36. The summed E-state index contributed by atoms with van der Waals surface area (Å²) in [4.78, 5) is 19.6. The highest BCUT2D eigenvalue weighted by atomic mass is 16.6. The van der Waals surface area contributed by atoms with Gasteiger partial charge in [0.05, 0.1) is 6.04 Å². The van der Waals surface area contributed by atoms with Crippen molar-refractivity contribution in [3.8, 4) is 11.1 Å². The molecule has 3 aliphatic heterocycles. The van der Waals surface area contributed by atoms with Crippen LogP contribution in [0, 0.1) is 5.92 Å². The van der Waals surface area contributed by atoms with E-state index in [9.17, 15) is 4.79 Å². The number of hydrogen-bond acceptors (Lipinski definition) is 4. The molecule has 0 saturated carbocycles. The van der Waals surface area contributed by atoms with Crippen LogP contribution in [0.25, 0.3) is 11.1 Å². The number of ether oxygens (including phenoxy) is 1. The maximum Gasteiger partial charge on any atom is 0.411 e. The third kappa shape index (κ3) is 4.47. The van der Waals surface area contributed by atoms with Crippen LogP contribution in [-0.2, 0) is 11.2 Å². The number of aromatic nitrogens is 1. The molecule has 5 nitrogen and oxygen atoms in total. The predicted molar refractivity (Wildman–Crippen MR) is 122 cm³/mol. The minimum Gasteiger partial charge on any atom is -0.444 e. The van der Waals surface area contributed by atoms with Crippen LogP contribution in [0.3, 0.4) is 0 Å². The zero-order valence-electron chi connectivity index (χ0n) is 17.5. The van der Waals surface area contributed by atoms with Gasteiger partial charge in [0.1, 0.15) is 6.10 Å². The van der Waals surface area contributed by atoms with Crippen molar-refractivity contribution in [1.29, 1.82) is 0 Å². The van der Waals surface area contributed by atoms with Crippen molar-refractivity contribution in [1.82, 2.24) is 9.88 Å². The van der Waals surface area contributed by atoms with E-state index in [-0.39, 0.29) is 18.2 Å². The minimum absolute atomic E-state index is 0.0972. The maximum absolute atomic E-state index is 12.8. The lowest BCUT2D eigenvalue weighted by atomic mass is 9.78. The van der Waals surface area contributed by atoms with Crippen molar-refractivity contribution in [3.63, 3.8) is 0 Å². The Labute approximate surface area is 183 Å². The number of pyridine rings is 1. The molecule has 2 bridgehead atoms. The first kappa shape index (κ1) is 19.8. The number of amides is 1. The number of nitrogens with one attached hydrogen (secondary N) is 1. The van der Waals surface area contributed by atoms with E-state index in [1.54, 1.807) is 6.20 Å². The quantitative estimate of drug-likeness (QED) is 0.639. The van der Waals surface area contributed by atoms with Crippen LogP contribution in [0.15, 0.2) is 79.1 Å².